The van der Waals surface area contributed by atoms with Gasteiger partial charge in [-0.3, -0.25) is 31.8 Å². The number of phosphoric ester groups is 1. The van der Waals surface area contributed by atoms with Gasteiger partial charge in [0.05, 0.1) is 38.8 Å². The number of ether oxygens (including phenoxy) is 4. The van der Waals surface area contributed by atoms with Gasteiger partial charge in [0.15, 0.2) is 53.1 Å². The van der Waals surface area contributed by atoms with Gasteiger partial charge in [-0.2, -0.15) is 0 Å². The third kappa shape index (κ3) is 9.30. The van der Waals surface area contributed by atoms with Gasteiger partial charge >= 0.3 is 21.3 Å². The minimum Gasteiger partial charge on any atom is -0.387 e. The number of phosphoric acid groups is 1. The van der Waals surface area contributed by atoms with Crippen molar-refractivity contribution in [2.75, 3.05) is 43.6 Å². The quantitative estimate of drug-likeness (QED) is 0.0400. The number of hydrogen-bond donors (Lipinski definition) is 10. The van der Waals surface area contributed by atoms with Crippen LogP contribution in [0.4, 0.5) is 17.5 Å². The molecule has 15 atom stereocenters. The molecule has 9 unspecified atom stereocenters. The molecule has 0 bridgehead atoms. The average Bonchev–Trinajstić information content (AvgIpc) is 4.17. The lowest BCUT2D eigenvalue weighted by molar-refractivity contribution is -0.165. The number of nitrogens with zero attached hydrogens (tertiary/aromatic N) is 12. The highest BCUT2D eigenvalue weighted by molar-refractivity contribution is 8.44. The van der Waals surface area contributed by atoms with Crippen molar-refractivity contribution in [1.29, 1.82) is 0 Å². The van der Waals surface area contributed by atoms with Gasteiger partial charge in [0.25, 0.3) is 0 Å². The molecule has 70 heavy (non-hydrogen) atoms. The Morgan fingerprint density at radius 1 is 0.686 bits per heavy atom. The molecule has 10 heterocycles. The molecule has 32 nitrogen and oxygen atoms in total. The fraction of sp³-hybridized carbons (Fsp3) is 0.545. The molecular weight excluding hydrogens is 1040 g/mol. The van der Waals surface area contributed by atoms with E-state index in [1.54, 1.807) is 0 Å². The van der Waals surface area contributed by atoms with Crippen molar-refractivity contribution in [3.8, 4) is 0 Å². The summed E-state index contributed by atoms with van der Waals surface area (Å²) in [7, 11) is -5.28. The van der Waals surface area contributed by atoms with E-state index in [1.807, 2.05) is 0 Å². The molecule has 6 aromatic heterocycles. The van der Waals surface area contributed by atoms with Gasteiger partial charge in [-0.15, -0.1) is 0 Å². The molecule has 0 amide bonds. The summed E-state index contributed by atoms with van der Waals surface area (Å²) in [5.74, 6) is 0.0536. The van der Waals surface area contributed by atoms with Crippen LogP contribution in [0.1, 0.15) is 31.5 Å². The van der Waals surface area contributed by atoms with Crippen LogP contribution in [0.5, 0.6) is 0 Å². The average molecular weight is 1080 g/mol. The predicted molar refractivity (Wildman–Crippen MR) is 240 cm³/mol. The highest BCUT2D eigenvalue weighted by atomic mass is 32.7. The molecule has 378 valence electrons. The molecule has 6 aromatic rings. The third-order valence-corrected chi connectivity index (χ3v) is 15.3. The van der Waals surface area contributed by atoms with E-state index in [0.717, 1.165) is 12.7 Å². The molecule has 0 spiro atoms. The fourth-order valence-electron chi connectivity index (χ4n) is 8.73. The summed E-state index contributed by atoms with van der Waals surface area (Å²) in [4.78, 5) is 69.5. The van der Waals surface area contributed by atoms with E-state index in [1.165, 1.54) is 39.0 Å². The highest BCUT2D eigenvalue weighted by Crippen LogP contribution is 2.55. The molecule has 0 aliphatic carbocycles. The first kappa shape index (κ1) is 49.5. The number of anilines is 3. The SMILES string of the molecule is Nc1ncnc2c1ncn2[C@@H]1O[C@@]2(COP(=O)(O)OC3C(O)[C@@H](COP(O)(=S)OC4C(O)[C@@H](COP(=O)(O)S)O[C@H]4n4cnc5c(N)ncnc54)O[C@H]3n3cnc4c(N)ncnc43)CCCOC2C1O. The molecule has 12 N–H and O–H groups in total. The molecule has 37 heteroatoms. The lowest BCUT2D eigenvalue weighted by Crippen LogP contribution is -2.51. The van der Waals surface area contributed by atoms with Gasteiger partial charge in [0, 0.05) is 6.61 Å². The van der Waals surface area contributed by atoms with Crippen molar-refractivity contribution >= 4 is 96.3 Å². The number of imidazole rings is 3. The lowest BCUT2D eigenvalue weighted by atomic mass is 9.89. The number of aliphatic hydroxyl groups excluding tert-OH is 3. The van der Waals surface area contributed by atoms with Crippen LogP contribution in [0.3, 0.4) is 0 Å². The molecule has 4 aliphatic rings. The van der Waals surface area contributed by atoms with Gasteiger partial charge in [0.1, 0.15) is 90.0 Å². The number of hydrogen-bond acceptors (Lipinski definition) is 27. The van der Waals surface area contributed by atoms with Crippen LogP contribution in [0.15, 0.2) is 38.0 Å². The van der Waals surface area contributed by atoms with E-state index in [2.05, 4.69) is 57.1 Å². The van der Waals surface area contributed by atoms with Crippen LogP contribution < -0.4 is 17.2 Å². The number of nitrogen functional groups attached to an aromatic ring is 3. The van der Waals surface area contributed by atoms with E-state index in [9.17, 15) is 39.1 Å². The second kappa shape index (κ2) is 18.8. The number of aromatic nitrogens is 12. The first-order chi connectivity index (χ1) is 33.2. The van der Waals surface area contributed by atoms with Gasteiger partial charge in [-0.05, 0) is 24.6 Å². The van der Waals surface area contributed by atoms with Gasteiger partial charge in [-0.1, -0.05) is 12.2 Å². The molecule has 10 rings (SSSR count). The Morgan fingerprint density at radius 2 is 1.16 bits per heavy atom. The number of rotatable bonds is 16. The maximum absolute atomic E-state index is 14.1. The van der Waals surface area contributed by atoms with Gasteiger partial charge in [0.2, 0.25) is 0 Å². The van der Waals surface area contributed by atoms with Gasteiger partial charge < -0.3 is 70.7 Å². The Hall–Kier alpha value is -4.09. The van der Waals surface area contributed by atoms with Crippen LogP contribution in [-0.4, -0.2) is 169 Å². The van der Waals surface area contributed by atoms with Crippen molar-refractivity contribution < 1.29 is 80.7 Å². The maximum Gasteiger partial charge on any atom is 0.472 e. The summed E-state index contributed by atoms with van der Waals surface area (Å²) < 4.78 is 82.0. The van der Waals surface area contributed by atoms with Crippen LogP contribution in [-0.2, 0) is 62.5 Å². The summed E-state index contributed by atoms with van der Waals surface area (Å²) in [5, 5.41) is 34.7. The van der Waals surface area contributed by atoms with E-state index in [4.69, 9.17) is 70.6 Å². The van der Waals surface area contributed by atoms with Crippen molar-refractivity contribution in [3.05, 3.63) is 38.0 Å². The van der Waals surface area contributed by atoms with Crippen LogP contribution in [0, 0.1) is 0 Å². The zero-order valence-corrected chi connectivity index (χ0v) is 39.9. The first-order valence-electron chi connectivity index (χ1n) is 20.7. The zero-order valence-electron chi connectivity index (χ0n) is 35.5. The smallest absolute Gasteiger partial charge is 0.387 e. The zero-order chi connectivity index (χ0) is 49.5. The molecule has 0 saturated carbocycles. The Bertz CT molecular complexity index is 3080. The topological polar surface area (TPSA) is 447 Å². The molecule has 0 radical (unpaired) electrons. The molecule has 0 aromatic carbocycles. The first-order valence-corrected chi connectivity index (χ1v) is 27.5. The van der Waals surface area contributed by atoms with Crippen molar-refractivity contribution in [1.82, 2.24) is 58.6 Å². The molecule has 4 saturated heterocycles. The third-order valence-electron chi connectivity index (χ3n) is 11.9. The Balaban J connectivity index is 0.878. The Labute approximate surface area is 401 Å². The van der Waals surface area contributed by atoms with Crippen molar-refractivity contribution in [2.45, 2.75) is 86.0 Å². The van der Waals surface area contributed by atoms with E-state index < -0.39 is 114 Å². The van der Waals surface area contributed by atoms with Crippen molar-refractivity contribution in [2.24, 2.45) is 0 Å². The van der Waals surface area contributed by atoms with Crippen LogP contribution in [0.2, 0.25) is 0 Å². The normalized spacial score (nSPS) is 32.9. The monoisotopic (exact) mass is 1080 g/mol. The van der Waals surface area contributed by atoms with E-state index in [-0.39, 0.29) is 64.0 Å². The number of aliphatic hydroxyl groups is 3. The molecular formula is C33H42N15O17P3S2. The van der Waals surface area contributed by atoms with Crippen LogP contribution >= 0.6 is 33.6 Å². The number of fused-ring (bicyclic) bond motifs is 4. The van der Waals surface area contributed by atoms with Gasteiger partial charge in [-0.25, -0.2) is 54.0 Å². The summed E-state index contributed by atoms with van der Waals surface area (Å²) in [6.45, 7) is -10.8. The largest absolute Gasteiger partial charge is 0.472 e. The Morgan fingerprint density at radius 3 is 1.66 bits per heavy atom. The van der Waals surface area contributed by atoms with Crippen LogP contribution in [0.25, 0.3) is 33.5 Å². The second-order valence-corrected chi connectivity index (χ2v) is 23.2. The summed E-state index contributed by atoms with van der Waals surface area (Å²) in [6, 6.07) is 0. The van der Waals surface area contributed by atoms with Crippen molar-refractivity contribution in [3.63, 3.8) is 0 Å². The summed E-state index contributed by atoms with van der Waals surface area (Å²) in [6.07, 6.45) is -8.62. The minimum absolute atomic E-state index is 0.00249. The number of thiol groups is 1. The highest BCUT2D eigenvalue weighted by Gasteiger charge is 2.59. The van der Waals surface area contributed by atoms with E-state index in [0.29, 0.717) is 6.42 Å². The number of nitrogens with two attached hydrogens (primary N) is 3. The summed E-state index contributed by atoms with van der Waals surface area (Å²) >= 11 is 8.86. The summed E-state index contributed by atoms with van der Waals surface area (Å²) in [5.41, 5.74) is 17.3. The maximum atomic E-state index is 14.1. The fourth-order valence-corrected chi connectivity index (χ4v) is 11.7. The lowest BCUT2D eigenvalue weighted by Gasteiger charge is -2.38. The second-order valence-electron chi connectivity index (χ2n) is 16.3. The standard InChI is InChI=1S/C33H42N15O17P3S2/c34-24-15-27(40-7-37-24)46(10-43-15)30-20(51)23-33(63-30,2-1-3-57-23)6-60-66(52,53)64-21-18(49)14(62-31(21)47-11-44-16-25(35)38-8-41-28(16)47)5-59-68(56,70)65-22-19(50)13(4-58-67(54,55)69)61-32(22)48-12-45-17-26(36)39-9-42-29(17)48/h7-14,18-23,30-32,49-51H,1-6H2,(H,52,53)(H,56,70)(H2,34,37,40)(H2,35,38,41)(H2,36,39,42)(H2,54,55,69)/t13-,14-,18?,19?,20?,21?,22?,23?,30-,31-,32-,33-,68?/m1/s1. The van der Waals surface area contributed by atoms with E-state index >= 15 is 0 Å². The predicted octanol–water partition coefficient (Wildman–Crippen LogP) is -1.26. The molecule has 4 aliphatic heterocycles. The Kier molecular flexibility index (Phi) is 13.3. The molecule has 4 fully saturated rings. The minimum atomic E-state index is -5.28.